The van der Waals surface area contributed by atoms with Gasteiger partial charge in [-0.15, -0.1) is 0 Å². The van der Waals surface area contributed by atoms with E-state index in [-0.39, 0.29) is 0 Å². The minimum atomic E-state index is -0.556. The van der Waals surface area contributed by atoms with E-state index in [1.807, 2.05) is 0 Å². The van der Waals surface area contributed by atoms with Gasteiger partial charge in [-0.1, -0.05) is 194 Å². The maximum Gasteiger partial charge on any atom is 0.0654 e. The van der Waals surface area contributed by atoms with E-state index in [2.05, 4.69) is 229 Å². The number of hydrogen-bond acceptors (Lipinski definition) is 1. The van der Waals surface area contributed by atoms with Crippen LogP contribution in [-0.2, 0) is 10.8 Å². The topological polar surface area (TPSA) is 3.24 Å². The molecule has 59 heavy (non-hydrogen) atoms. The predicted octanol–water partition coefficient (Wildman–Crippen LogP) is 14.8. The normalized spacial score (nSPS) is 17.6. The quantitative estimate of drug-likeness (QED) is 0.173. The van der Waals surface area contributed by atoms with Crippen molar-refractivity contribution in [3.63, 3.8) is 0 Å². The van der Waals surface area contributed by atoms with E-state index < -0.39 is 10.8 Å². The lowest BCUT2D eigenvalue weighted by Crippen LogP contribution is -2.54. The maximum atomic E-state index is 2.44. The molecule has 0 fully saturated rings. The molecule has 0 atom stereocenters. The van der Waals surface area contributed by atoms with Crippen molar-refractivity contribution in [2.75, 3.05) is 4.90 Å². The molecule has 0 bridgehead atoms. The molecule has 0 unspecified atom stereocenters. The standard InChI is InChI=1S/C58H37N/c1-2-19-41(20-3-1)59(54-31-15-17-38-16-4-5-21-43(38)54)42-35-32-39(33-36-42)44-37-34-40-18-14-30-53-55(40)56(44)58-51-28-12-8-24-47(51)45-22-6-10-26-49(45)57(53,58)50-27-11-7-23-46(50)48-25-9-13-29-52(48)58/h1-37H. The second-order valence-electron chi connectivity index (χ2n) is 16.3. The predicted molar refractivity (Wildman–Crippen MR) is 245 cm³/mol. The summed E-state index contributed by atoms with van der Waals surface area (Å²) in [6.07, 6.45) is 0. The van der Waals surface area contributed by atoms with Gasteiger partial charge in [0, 0.05) is 16.8 Å². The Morgan fingerprint density at radius 1 is 0.288 bits per heavy atom. The van der Waals surface area contributed by atoms with Crippen LogP contribution >= 0.6 is 0 Å². The lowest BCUT2D eigenvalue weighted by Gasteiger charge is -2.57. The molecular formula is C58H37N. The molecular weight excluding hydrogens is 711 g/mol. The Kier molecular flexibility index (Phi) is 6.64. The van der Waals surface area contributed by atoms with Gasteiger partial charge in [0.05, 0.1) is 16.5 Å². The molecule has 274 valence electrons. The fourth-order valence-corrected chi connectivity index (χ4v) is 11.7. The molecule has 13 rings (SSSR count). The van der Waals surface area contributed by atoms with E-state index in [9.17, 15) is 0 Å². The largest absolute Gasteiger partial charge is 0.310 e. The fourth-order valence-electron chi connectivity index (χ4n) is 11.7. The van der Waals surface area contributed by atoms with Gasteiger partial charge in [-0.05, 0) is 113 Å². The zero-order valence-electron chi connectivity index (χ0n) is 32.3. The first-order chi connectivity index (χ1) is 29.3. The summed E-state index contributed by atoms with van der Waals surface area (Å²) in [5.74, 6) is 0. The molecule has 0 aromatic heterocycles. The van der Waals surface area contributed by atoms with Crippen LogP contribution in [0.5, 0.6) is 0 Å². The highest BCUT2D eigenvalue weighted by atomic mass is 15.1. The van der Waals surface area contributed by atoms with E-state index in [4.69, 9.17) is 0 Å². The second kappa shape index (κ2) is 12.0. The van der Waals surface area contributed by atoms with Crippen LogP contribution in [0.15, 0.2) is 224 Å². The summed E-state index contributed by atoms with van der Waals surface area (Å²) in [6, 6.07) is 84.3. The molecule has 0 radical (unpaired) electrons. The van der Waals surface area contributed by atoms with Crippen molar-refractivity contribution >= 4 is 38.6 Å². The van der Waals surface area contributed by atoms with E-state index in [0.717, 1.165) is 17.1 Å². The van der Waals surface area contributed by atoms with E-state index >= 15 is 0 Å². The molecule has 10 aromatic rings. The van der Waals surface area contributed by atoms with Gasteiger partial charge in [-0.3, -0.25) is 0 Å². The van der Waals surface area contributed by atoms with Gasteiger partial charge < -0.3 is 4.90 Å². The summed E-state index contributed by atoms with van der Waals surface area (Å²) in [5, 5.41) is 5.10. The summed E-state index contributed by atoms with van der Waals surface area (Å²) >= 11 is 0. The Hall–Kier alpha value is -7.48. The molecule has 0 heterocycles. The molecule has 3 aliphatic rings. The average Bonchev–Trinajstić information content (AvgIpc) is 3.61. The molecule has 0 spiro atoms. The zero-order valence-corrected chi connectivity index (χ0v) is 32.3. The third-order valence-corrected chi connectivity index (χ3v) is 13.8. The van der Waals surface area contributed by atoms with E-state index in [1.165, 1.54) is 88.3 Å². The highest BCUT2D eigenvalue weighted by molar-refractivity contribution is 6.08. The van der Waals surface area contributed by atoms with Gasteiger partial charge in [-0.2, -0.15) is 0 Å². The summed E-state index contributed by atoms with van der Waals surface area (Å²) in [5.41, 5.74) is 18.4. The molecule has 0 amide bonds. The van der Waals surface area contributed by atoms with Crippen LogP contribution in [0, 0.1) is 0 Å². The summed E-state index contributed by atoms with van der Waals surface area (Å²) in [4.78, 5) is 2.40. The van der Waals surface area contributed by atoms with Gasteiger partial charge in [0.25, 0.3) is 0 Å². The van der Waals surface area contributed by atoms with Crippen molar-refractivity contribution in [3.05, 3.63) is 258 Å². The van der Waals surface area contributed by atoms with Crippen LogP contribution in [0.25, 0.3) is 54.9 Å². The highest BCUT2D eigenvalue weighted by Gasteiger charge is 2.68. The summed E-state index contributed by atoms with van der Waals surface area (Å²) in [7, 11) is 0. The van der Waals surface area contributed by atoms with E-state index in [1.54, 1.807) is 0 Å². The van der Waals surface area contributed by atoms with Crippen LogP contribution in [0.4, 0.5) is 17.1 Å². The molecule has 1 heteroatoms. The zero-order chi connectivity index (χ0) is 38.7. The monoisotopic (exact) mass is 747 g/mol. The lowest BCUT2D eigenvalue weighted by molar-refractivity contribution is 0.433. The number of fused-ring (bicyclic) bond motifs is 7. The Labute approximate surface area is 344 Å². The van der Waals surface area contributed by atoms with Crippen molar-refractivity contribution in [1.29, 1.82) is 0 Å². The van der Waals surface area contributed by atoms with Crippen LogP contribution in [0.3, 0.4) is 0 Å². The average molecular weight is 748 g/mol. The Bertz CT molecular complexity index is 3240. The molecule has 0 aliphatic heterocycles. The minimum absolute atomic E-state index is 0.515. The highest BCUT2D eigenvalue weighted by Crippen LogP contribution is 2.74. The van der Waals surface area contributed by atoms with Crippen molar-refractivity contribution in [2.24, 2.45) is 0 Å². The van der Waals surface area contributed by atoms with E-state index in [0.29, 0.717) is 0 Å². The Morgan fingerprint density at radius 2 is 0.763 bits per heavy atom. The van der Waals surface area contributed by atoms with Gasteiger partial charge in [0.15, 0.2) is 0 Å². The molecule has 0 saturated heterocycles. The lowest BCUT2D eigenvalue weighted by atomic mass is 9.43. The van der Waals surface area contributed by atoms with Gasteiger partial charge in [0.1, 0.15) is 0 Å². The van der Waals surface area contributed by atoms with Crippen molar-refractivity contribution in [3.8, 4) is 33.4 Å². The van der Waals surface area contributed by atoms with Crippen LogP contribution < -0.4 is 4.90 Å². The van der Waals surface area contributed by atoms with Gasteiger partial charge in [-0.25, -0.2) is 0 Å². The SMILES string of the molecule is c1ccc(N(c2ccc(-c3ccc4cccc5c4c3C34c6ccccc6-c6ccccc6C53c3ccccc3-c3ccccc34)cc2)c2cccc3ccccc23)cc1. The summed E-state index contributed by atoms with van der Waals surface area (Å²) in [6.45, 7) is 0. The van der Waals surface area contributed by atoms with Gasteiger partial charge in [0.2, 0.25) is 0 Å². The number of anilines is 3. The molecule has 0 saturated carbocycles. The molecule has 10 aromatic carbocycles. The number of hydrogen-bond donors (Lipinski definition) is 0. The number of benzene rings is 10. The first-order valence-corrected chi connectivity index (χ1v) is 20.7. The smallest absolute Gasteiger partial charge is 0.0654 e. The second-order valence-corrected chi connectivity index (χ2v) is 16.3. The Balaban J connectivity index is 1.13. The maximum absolute atomic E-state index is 2.44. The van der Waals surface area contributed by atoms with Crippen LogP contribution in [0.2, 0.25) is 0 Å². The molecule has 1 nitrogen and oxygen atoms in total. The molecule has 0 N–H and O–H groups in total. The van der Waals surface area contributed by atoms with Crippen LogP contribution in [-0.4, -0.2) is 0 Å². The fraction of sp³-hybridized carbons (Fsp3) is 0.0345. The summed E-state index contributed by atoms with van der Waals surface area (Å²) < 4.78 is 0. The first-order valence-electron chi connectivity index (χ1n) is 20.7. The third kappa shape index (κ3) is 4.04. The number of nitrogens with zero attached hydrogens (tertiary/aromatic N) is 1. The Morgan fingerprint density at radius 3 is 1.41 bits per heavy atom. The van der Waals surface area contributed by atoms with Crippen molar-refractivity contribution in [1.82, 2.24) is 0 Å². The number of para-hydroxylation sites is 1. The van der Waals surface area contributed by atoms with Crippen molar-refractivity contribution in [2.45, 2.75) is 10.8 Å². The number of rotatable bonds is 4. The van der Waals surface area contributed by atoms with Crippen LogP contribution in [0.1, 0.15) is 33.4 Å². The molecule has 3 aliphatic carbocycles. The third-order valence-electron chi connectivity index (χ3n) is 13.8. The van der Waals surface area contributed by atoms with Gasteiger partial charge >= 0.3 is 0 Å². The minimum Gasteiger partial charge on any atom is -0.310 e. The first kappa shape index (κ1) is 32.6. The van der Waals surface area contributed by atoms with Crippen molar-refractivity contribution < 1.29 is 0 Å².